The zero-order chi connectivity index (χ0) is 12.3. The molecule has 0 unspecified atom stereocenters. The Morgan fingerprint density at radius 3 is 2.59 bits per heavy atom. The molecule has 0 radical (unpaired) electrons. The largest absolute Gasteiger partial charge is 0.468 e. The van der Waals surface area contributed by atoms with Gasteiger partial charge < -0.3 is 4.74 Å². The Morgan fingerprint density at radius 2 is 1.94 bits per heavy atom. The molecular formula is C14H16O3. The second-order valence-corrected chi connectivity index (χ2v) is 4.37. The van der Waals surface area contributed by atoms with Crippen LogP contribution < -0.4 is 0 Å². The van der Waals surface area contributed by atoms with E-state index in [1.54, 1.807) is 0 Å². The first-order valence-corrected chi connectivity index (χ1v) is 5.90. The predicted molar refractivity (Wildman–Crippen MR) is 63.5 cm³/mol. The number of hydrogen-bond acceptors (Lipinski definition) is 3. The monoisotopic (exact) mass is 232 g/mol. The molecule has 0 bridgehead atoms. The number of benzene rings is 1. The lowest BCUT2D eigenvalue weighted by Gasteiger charge is -2.26. The van der Waals surface area contributed by atoms with Crippen LogP contribution in [0.3, 0.4) is 0 Å². The van der Waals surface area contributed by atoms with Gasteiger partial charge in [0.05, 0.1) is 7.11 Å². The van der Waals surface area contributed by atoms with Crippen LogP contribution in [-0.4, -0.2) is 18.9 Å². The van der Waals surface area contributed by atoms with Crippen LogP contribution in [0.1, 0.15) is 30.7 Å². The van der Waals surface area contributed by atoms with Crippen LogP contribution in [0.2, 0.25) is 0 Å². The molecule has 1 aromatic carbocycles. The summed E-state index contributed by atoms with van der Waals surface area (Å²) < 4.78 is 4.68. The normalized spacial score (nSPS) is 24.4. The summed E-state index contributed by atoms with van der Waals surface area (Å²) in [7, 11) is 1.34. The Kier molecular flexibility index (Phi) is 3.57. The fraction of sp³-hybridized carbons (Fsp3) is 0.429. The van der Waals surface area contributed by atoms with E-state index in [1.165, 1.54) is 7.11 Å². The highest BCUT2D eigenvalue weighted by molar-refractivity contribution is 6.02. The smallest absolute Gasteiger partial charge is 0.316 e. The number of methoxy groups -OCH3 is 1. The third kappa shape index (κ3) is 2.38. The average Bonchev–Trinajstić information content (AvgIpc) is 2.39. The van der Waals surface area contributed by atoms with Gasteiger partial charge in [-0.3, -0.25) is 9.59 Å². The minimum Gasteiger partial charge on any atom is -0.468 e. The first-order chi connectivity index (χ1) is 8.24. The second-order valence-electron chi connectivity index (χ2n) is 4.37. The van der Waals surface area contributed by atoms with Crippen molar-refractivity contribution in [1.29, 1.82) is 0 Å². The van der Waals surface area contributed by atoms with Crippen molar-refractivity contribution in [3.05, 3.63) is 35.9 Å². The maximum absolute atomic E-state index is 12.2. The third-order valence-corrected chi connectivity index (χ3v) is 3.36. The summed E-state index contributed by atoms with van der Waals surface area (Å²) in [5.41, 5.74) is 1.01. The molecule has 1 aromatic rings. The van der Waals surface area contributed by atoms with Crippen LogP contribution in [0.25, 0.3) is 0 Å². The highest BCUT2D eigenvalue weighted by atomic mass is 16.5. The van der Waals surface area contributed by atoms with Crippen LogP contribution in [-0.2, 0) is 14.3 Å². The number of rotatable bonds is 2. The Morgan fingerprint density at radius 1 is 1.24 bits per heavy atom. The van der Waals surface area contributed by atoms with E-state index in [9.17, 15) is 9.59 Å². The van der Waals surface area contributed by atoms with Gasteiger partial charge >= 0.3 is 5.97 Å². The van der Waals surface area contributed by atoms with Gasteiger partial charge in [0, 0.05) is 5.92 Å². The lowest BCUT2D eigenvalue weighted by molar-refractivity contribution is -0.151. The molecule has 90 valence electrons. The van der Waals surface area contributed by atoms with Crippen molar-refractivity contribution in [2.75, 3.05) is 7.11 Å². The van der Waals surface area contributed by atoms with Crippen LogP contribution in [0.4, 0.5) is 0 Å². The van der Waals surface area contributed by atoms with Gasteiger partial charge in [0.25, 0.3) is 0 Å². The summed E-state index contributed by atoms with van der Waals surface area (Å²) in [5, 5.41) is 0. The zero-order valence-electron chi connectivity index (χ0n) is 9.89. The highest BCUT2D eigenvalue weighted by Gasteiger charge is 2.36. The van der Waals surface area contributed by atoms with Crippen molar-refractivity contribution in [2.45, 2.75) is 25.2 Å². The molecule has 3 heteroatoms. The maximum Gasteiger partial charge on any atom is 0.316 e. The van der Waals surface area contributed by atoms with Gasteiger partial charge in [0.2, 0.25) is 0 Å². The molecule has 0 aliphatic heterocycles. The summed E-state index contributed by atoms with van der Waals surface area (Å²) in [5.74, 6) is -1.10. The quantitative estimate of drug-likeness (QED) is 0.580. The van der Waals surface area contributed by atoms with Crippen LogP contribution in [0.5, 0.6) is 0 Å². The number of ether oxygens (including phenoxy) is 1. The minimum atomic E-state index is -0.570. The second kappa shape index (κ2) is 5.13. The molecule has 1 aliphatic carbocycles. The molecule has 1 fully saturated rings. The van der Waals surface area contributed by atoms with Crippen molar-refractivity contribution < 1.29 is 14.3 Å². The standard InChI is InChI=1S/C14H16O3/c1-17-14(16)12-9-5-8-11(13(12)15)10-6-3-2-4-7-10/h2-4,6-7,11-12H,5,8-9H2,1H3/t11-,12+/m0/s1. The van der Waals surface area contributed by atoms with E-state index in [-0.39, 0.29) is 11.7 Å². The van der Waals surface area contributed by atoms with Gasteiger partial charge in [-0.1, -0.05) is 36.8 Å². The average molecular weight is 232 g/mol. The van der Waals surface area contributed by atoms with Gasteiger partial charge in [0.15, 0.2) is 5.78 Å². The molecular weight excluding hydrogens is 216 g/mol. The first kappa shape index (κ1) is 11.8. The lowest BCUT2D eigenvalue weighted by atomic mass is 9.77. The number of esters is 1. The van der Waals surface area contributed by atoms with E-state index in [4.69, 9.17) is 0 Å². The minimum absolute atomic E-state index is 0.00861. The van der Waals surface area contributed by atoms with Gasteiger partial charge in [-0.25, -0.2) is 0 Å². The highest BCUT2D eigenvalue weighted by Crippen LogP contribution is 2.33. The molecule has 0 spiro atoms. The summed E-state index contributed by atoms with van der Waals surface area (Å²) in [4.78, 5) is 23.7. The fourth-order valence-electron chi connectivity index (χ4n) is 2.45. The van der Waals surface area contributed by atoms with Crippen molar-refractivity contribution >= 4 is 11.8 Å². The molecule has 0 heterocycles. The number of carbonyl (C=O) groups is 2. The Labute approximate surface area is 101 Å². The van der Waals surface area contributed by atoms with E-state index < -0.39 is 11.9 Å². The maximum atomic E-state index is 12.2. The molecule has 0 saturated heterocycles. The topological polar surface area (TPSA) is 43.4 Å². The van der Waals surface area contributed by atoms with Crippen LogP contribution >= 0.6 is 0 Å². The third-order valence-electron chi connectivity index (χ3n) is 3.36. The van der Waals surface area contributed by atoms with Crippen molar-refractivity contribution in [3.8, 4) is 0 Å². The van der Waals surface area contributed by atoms with Gasteiger partial charge in [-0.05, 0) is 18.4 Å². The van der Waals surface area contributed by atoms with E-state index in [1.807, 2.05) is 30.3 Å². The molecule has 17 heavy (non-hydrogen) atoms. The number of hydrogen-bond donors (Lipinski definition) is 0. The van der Waals surface area contributed by atoms with Crippen molar-refractivity contribution in [3.63, 3.8) is 0 Å². The number of ketones is 1. The number of carbonyl (C=O) groups excluding carboxylic acids is 2. The van der Waals surface area contributed by atoms with E-state index in [0.29, 0.717) is 6.42 Å². The molecule has 0 N–H and O–H groups in total. The fourth-order valence-corrected chi connectivity index (χ4v) is 2.45. The molecule has 2 rings (SSSR count). The molecule has 1 saturated carbocycles. The molecule has 3 nitrogen and oxygen atoms in total. The van der Waals surface area contributed by atoms with Gasteiger partial charge in [0.1, 0.15) is 5.92 Å². The SMILES string of the molecule is COC(=O)[C@@H]1CCC[C@@H](c2ccccc2)C1=O. The Bertz CT molecular complexity index is 411. The molecule has 0 aromatic heterocycles. The van der Waals surface area contributed by atoms with Crippen molar-refractivity contribution in [1.82, 2.24) is 0 Å². The zero-order valence-corrected chi connectivity index (χ0v) is 9.89. The van der Waals surface area contributed by atoms with Gasteiger partial charge in [-0.2, -0.15) is 0 Å². The predicted octanol–water partition coefficient (Wildman–Crippen LogP) is 2.31. The summed E-state index contributed by atoms with van der Waals surface area (Å²) in [6, 6.07) is 9.66. The van der Waals surface area contributed by atoms with Gasteiger partial charge in [-0.15, -0.1) is 0 Å². The molecule has 2 atom stereocenters. The first-order valence-electron chi connectivity index (χ1n) is 5.90. The molecule has 1 aliphatic rings. The summed E-state index contributed by atoms with van der Waals surface area (Å²) in [6.07, 6.45) is 2.34. The Hall–Kier alpha value is -1.64. The van der Waals surface area contributed by atoms with E-state index in [0.717, 1.165) is 18.4 Å². The van der Waals surface area contributed by atoms with Crippen molar-refractivity contribution in [2.24, 2.45) is 5.92 Å². The summed E-state index contributed by atoms with van der Waals surface area (Å²) >= 11 is 0. The molecule has 0 amide bonds. The number of Topliss-reactive ketones (excluding diaryl/α,β-unsaturated/α-hetero) is 1. The van der Waals surface area contributed by atoms with Crippen LogP contribution in [0, 0.1) is 5.92 Å². The van der Waals surface area contributed by atoms with Crippen LogP contribution in [0.15, 0.2) is 30.3 Å². The lowest BCUT2D eigenvalue weighted by Crippen LogP contribution is -2.33. The van der Waals surface area contributed by atoms with E-state index in [2.05, 4.69) is 4.74 Å². The van der Waals surface area contributed by atoms with E-state index >= 15 is 0 Å². The Balaban J connectivity index is 2.20. The summed E-state index contributed by atoms with van der Waals surface area (Å²) in [6.45, 7) is 0.